The number of nitrogens with zero attached hydrogens (tertiary/aromatic N) is 4. The lowest BCUT2D eigenvalue weighted by Crippen LogP contribution is -2.38. The van der Waals surface area contributed by atoms with Gasteiger partial charge in [-0.2, -0.15) is 0 Å². The van der Waals surface area contributed by atoms with Crippen LogP contribution in [0.1, 0.15) is 40.6 Å². The monoisotopic (exact) mass is 388 g/mol. The first-order valence-electron chi connectivity index (χ1n) is 9.83. The fourth-order valence-electron chi connectivity index (χ4n) is 3.85. The minimum atomic E-state index is 0.0515. The molecule has 0 spiro atoms. The number of amides is 1. The summed E-state index contributed by atoms with van der Waals surface area (Å²) in [5, 5.41) is 0. The molecular formula is C23H24N4O2. The smallest absolute Gasteiger partial charge is 0.253 e. The lowest BCUT2D eigenvalue weighted by atomic mass is 9.89. The average Bonchev–Trinajstić information content (AvgIpc) is 2.79. The molecule has 0 bridgehead atoms. The molecule has 3 heterocycles. The summed E-state index contributed by atoms with van der Waals surface area (Å²) in [6.07, 6.45) is 7.23. The second kappa shape index (κ2) is 8.39. The lowest BCUT2D eigenvalue weighted by molar-refractivity contribution is 0.0712. The van der Waals surface area contributed by atoms with Crippen molar-refractivity contribution in [3.63, 3.8) is 0 Å². The largest absolute Gasteiger partial charge is 0.497 e. The Morgan fingerprint density at radius 1 is 1.14 bits per heavy atom. The van der Waals surface area contributed by atoms with E-state index in [0.29, 0.717) is 30.3 Å². The van der Waals surface area contributed by atoms with Crippen molar-refractivity contribution in [2.45, 2.75) is 25.7 Å². The molecule has 0 N–H and O–H groups in total. The maximum absolute atomic E-state index is 12.9. The number of carbonyl (C=O) groups excluding carboxylic acids is 1. The third-order valence-corrected chi connectivity index (χ3v) is 5.42. The van der Waals surface area contributed by atoms with E-state index in [1.54, 1.807) is 25.6 Å². The summed E-state index contributed by atoms with van der Waals surface area (Å²) >= 11 is 0. The Balaban J connectivity index is 1.51. The highest BCUT2D eigenvalue weighted by atomic mass is 16.5. The highest BCUT2D eigenvalue weighted by Gasteiger charge is 2.27. The maximum atomic E-state index is 12.9. The minimum Gasteiger partial charge on any atom is -0.497 e. The van der Waals surface area contributed by atoms with Gasteiger partial charge >= 0.3 is 0 Å². The van der Waals surface area contributed by atoms with E-state index in [-0.39, 0.29) is 5.91 Å². The van der Waals surface area contributed by atoms with Crippen molar-refractivity contribution in [3.05, 3.63) is 72.1 Å². The Morgan fingerprint density at radius 3 is 2.62 bits per heavy atom. The standard InChI is InChI=1S/C23H24N4O2/c1-16-25-15-21(17-6-10-24-11-7-17)22(26-16)18-8-12-27(13-9-18)23(28)19-4-3-5-20(14-19)29-2/h3-7,10-11,14-15,18H,8-9,12-13H2,1-2H3. The van der Waals surface area contributed by atoms with Crippen molar-refractivity contribution in [2.24, 2.45) is 0 Å². The zero-order chi connectivity index (χ0) is 20.2. The van der Waals surface area contributed by atoms with Crippen LogP contribution in [0.25, 0.3) is 11.1 Å². The minimum absolute atomic E-state index is 0.0515. The zero-order valence-electron chi connectivity index (χ0n) is 16.7. The molecule has 0 radical (unpaired) electrons. The fraction of sp³-hybridized carbons (Fsp3) is 0.304. The third-order valence-electron chi connectivity index (χ3n) is 5.42. The summed E-state index contributed by atoms with van der Waals surface area (Å²) in [6, 6.07) is 11.3. The van der Waals surface area contributed by atoms with E-state index in [9.17, 15) is 4.79 Å². The molecule has 1 saturated heterocycles. The molecule has 1 aromatic carbocycles. The van der Waals surface area contributed by atoms with Crippen LogP contribution in [0.15, 0.2) is 55.0 Å². The Kier molecular flexibility index (Phi) is 5.51. The average molecular weight is 388 g/mol. The van der Waals surface area contributed by atoms with Crippen LogP contribution in [0.5, 0.6) is 5.75 Å². The third kappa shape index (κ3) is 4.11. The van der Waals surface area contributed by atoms with Gasteiger partial charge in [0.25, 0.3) is 5.91 Å². The van der Waals surface area contributed by atoms with Gasteiger partial charge in [-0.05, 0) is 55.7 Å². The van der Waals surface area contributed by atoms with Gasteiger partial charge < -0.3 is 9.64 Å². The van der Waals surface area contributed by atoms with Crippen molar-refractivity contribution in [1.29, 1.82) is 0 Å². The number of likely N-dealkylation sites (tertiary alicyclic amines) is 1. The molecule has 1 aliphatic rings. The van der Waals surface area contributed by atoms with Gasteiger partial charge in [-0.1, -0.05) is 6.07 Å². The molecule has 29 heavy (non-hydrogen) atoms. The number of rotatable bonds is 4. The van der Waals surface area contributed by atoms with Crippen molar-refractivity contribution in [1.82, 2.24) is 19.9 Å². The number of aryl methyl sites for hydroxylation is 1. The molecule has 3 aromatic rings. The van der Waals surface area contributed by atoms with Crippen molar-refractivity contribution in [2.75, 3.05) is 20.2 Å². The van der Waals surface area contributed by atoms with Gasteiger partial charge in [0, 0.05) is 48.7 Å². The van der Waals surface area contributed by atoms with Gasteiger partial charge in [-0.25, -0.2) is 9.97 Å². The Morgan fingerprint density at radius 2 is 1.90 bits per heavy atom. The van der Waals surface area contributed by atoms with E-state index in [4.69, 9.17) is 9.72 Å². The molecule has 6 heteroatoms. The molecule has 1 fully saturated rings. The van der Waals surface area contributed by atoms with Gasteiger partial charge in [0.2, 0.25) is 0 Å². The number of aromatic nitrogens is 3. The van der Waals surface area contributed by atoms with E-state index < -0.39 is 0 Å². The molecule has 148 valence electrons. The number of hydrogen-bond acceptors (Lipinski definition) is 5. The van der Waals surface area contributed by atoms with Crippen LogP contribution < -0.4 is 4.74 Å². The highest BCUT2D eigenvalue weighted by Crippen LogP contribution is 2.34. The SMILES string of the molecule is COc1cccc(C(=O)N2CCC(c3nc(C)ncc3-c3ccncc3)CC2)c1. The quantitative estimate of drug-likeness (QED) is 0.679. The van der Waals surface area contributed by atoms with Crippen molar-refractivity contribution < 1.29 is 9.53 Å². The summed E-state index contributed by atoms with van der Waals surface area (Å²) in [4.78, 5) is 28.1. The molecular weight excluding hydrogens is 364 g/mol. The van der Waals surface area contributed by atoms with Crippen molar-refractivity contribution in [3.8, 4) is 16.9 Å². The number of ether oxygens (including phenoxy) is 1. The van der Waals surface area contributed by atoms with Gasteiger partial charge in [0.15, 0.2) is 0 Å². The molecule has 0 atom stereocenters. The van der Waals surface area contributed by atoms with E-state index in [2.05, 4.69) is 9.97 Å². The molecule has 0 unspecified atom stereocenters. The summed E-state index contributed by atoms with van der Waals surface area (Å²) in [6.45, 7) is 3.33. The van der Waals surface area contributed by atoms with E-state index in [0.717, 1.165) is 35.5 Å². The molecule has 0 saturated carbocycles. The summed E-state index contributed by atoms with van der Waals surface area (Å²) in [5.74, 6) is 1.82. The first-order chi connectivity index (χ1) is 14.2. The summed E-state index contributed by atoms with van der Waals surface area (Å²) in [5.41, 5.74) is 3.86. The van der Waals surface area contributed by atoms with Crippen LogP contribution in [-0.4, -0.2) is 46.0 Å². The molecule has 0 aliphatic carbocycles. The fourth-order valence-corrected chi connectivity index (χ4v) is 3.85. The Hall–Kier alpha value is -3.28. The molecule has 6 nitrogen and oxygen atoms in total. The number of benzene rings is 1. The van der Waals surface area contributed by atoms with Crippen LogP contribution in [0.2, 0.25) is 0 Å². The number of methoxy groups -OCH3 is 1. The summed E-state index contributed by atoms with van der Waals surface area (Å²) in [7, 11) is 1.61. The summed E-state index contributed by atoms with van der Waals surface area (Å²) < 4.78 is 5.24. The molecule has 4 rings (SSSR count). The molecule has 1 amide bonds. The van der Waals surface area contributed by atoms with Crippen LogP contribution in [0.3, 0.4) is 0 Å². The molecule has 1 aliphatic heterocycles. The predicted molar refractivity (Wildman–Crippen MR) is 111 cm³/mol. The number of pyridine rings is 1. The lowest BCUT2D eigenvalue weighted by Gasteiger charge is -2.32. The topological polar surface area (TPSA) is 68.2 Å². The maximum Gasteiger partial charge on any atom is 0.253 e. The molecule has 2 aromatic heterocycles. The van der Waals surface area contributed by atoms with Gasteiger partial charge in [0.1, 0.15) is 11.6 Å². The second-order valence-corrected chi connectivity index (χ2v) is 7.25. The Bertz CT molecular complexity index is 999. The van der Waals surface area contributed by atoms with Crippen molar-refractivity contribution >= 4 is 5.91 Å². The normalized spacial score (nSPS) is 14.6. The second-order valence-electron chi connectivity index (χ2n) is 7.25. The van der Waals surface area contributed by atoms with E-state index in [1.807, 2.05) is 48.4 Å². The van der Waals surface area contributed by atoms with Crippen LogP contribution in [0.4, 0.5) is 0 Å². The predicted octanol–water partition coefficient (Wildman–Crippen LogP) is 3.88. The van der Waals surface area contributed by atoms with Crippen LogP contribution in [-0.2, 0) is 0 Å². The van der Waals surface area contributed by atoms with Gasteiger partial charge in [-0.3, -0.25) is 9.78 Å². The zero-order valence-corrected chi connectivity index (χ0v) is 16.7. The van der Waals surface area contributed by atoms with Gasteiger partial charge in [0.05, 0.1) is 12.8 Å². The first kappa shape index (κ1) is 19.1. The number of carbonyl (C=O) groups is 1. The van der Waals surface area contributed by atoms with Crippen LogP contribution >= 0.6 is 0 Å². The number of piperidine rings is 1. The number of hydrogen-bond donors (Lipinski definition) is 0. The van der Waals surface area contributed by atoms with E-state index >= 15 is 0 Å². The Labute approximate surface area is 170 Å². The van der Waals surface area contributed by atoms with Gasteiger partial charge in [-0.15, -0.1) is 0 Å². The highest BCUT2D eigenvalue weighted by molar-refractivity contribution is 5.94. The van der Waals surface area contributed by atoms with E-state index in [1.165, 1.54) is 0 Å². The van der Waals surface area contributed by atoms with Crippen LogP contribution in [0, 0.1) is 6.92 Å². The first-order valence-corrected chi connectivity index (χ1v) is 9.83.